The summed E-state index contributed by atoms with van der Waals surface area (Å²) in [5, 5.41) is 12.4. The van der Waals surface area contributed by atoms with Crippen molar-refractivity contribution >= 4 is 35.0 Å². The van der Waals surface area contributed by atoms with E-state index in [0.29, 0.717) is 39.6 Å². The molecule has 0 unspecified atom stereocenters. The number of carbonyl (C=O) groups excluding carboxylic acids is 1. The van der Waals surface area contributed by atoms with E-state index in [1.54, 1.807) is 43.3 Å². The van der Waals surface area contributed by atoms with Crippen molar-refractivity contribution in [2.45, 2.75) is 25.6 Å². The third kappa shape index (κ3) is 6.56. The fourth-order valence-corrected chi connectivity index (χ4v) is 4.18. The first kappa shape index (κ1) is 25.5. The quantitative estimate of drug-likeness (QED) is 0.252. The number of nitrogens with one attached hydrogen (secondary N) is 1. The zero-order valence-electron chi connectivity index (χ0n) is 19.7. The molecule has 4 aromatic rings. The van der Waals surface area contributed by atoms with Crippen LogP contribution in [0.5, 0.6) is 11.5 Å². The third-order valence-electron chi connectivity index (χ3n) is 5.08. The molecule has 0 bridgehead atoms. The molecule has 1 amide bonds. The van der Waals surface area contributed by atoms with E-state index < -0.39 is 0 Å². The largest absolute Gasteiger partial charge is 0.494 e. The number of amides is 1. The van der Waals surface area contributed by atoms with E-state index in [-0.39, 0.29) is 24.1 Å². The molecule has 0 saturated heterocycles. The summed E-state index contributed by atoms with van der Waals surface area (Å²) in [5.74, 6) is 1.33. The Kier molecular flexibility index (Phi) is 8.45. The van der Waals surface area contributed by atoms with Gasteiger partial charge in [-0.25, -0.2) is 4.39 Å². The molecule has 0 aliphatic rings. The van der Waals surface area contributed by atoms with E-state index in [1.807, 2.05) is 35.8 Å². The van der Waals surface area contributed by atoms with Gasteiger partial charge in [0.2, 0.25) is 5.91 Å². The molecule has 3 aromatic carbocycles. The second-order valence-electron chi connectivity index (χ2n) is 7.70. The fraction of sp³-hybridized carbons (Fsp3) is 0.192. The van der Waals surface area contributed by atoms with Gasteiger partial charge in [0.05, 0.1) is 12.4 Å². The van der Waals surface area contributed by atoms with Crippen LogP contribution >= 0.6 is 23.4 Å². The lowest BCUT2D eigenvalue weighted by molar-refractivity contribution is -0.113. The average Bonchev–Trinajstić information content (AvgIpc) is 3.28. The lowest BCUT2D eigenvalue weighted by atomic mass is 10.2. The lowest BCUT2D eigenvalue weighted by Gasteiger charge is -2.12. The van der Waals surface area contributed by atoms with Gasteiger partial charge in [-0.1, -0.05) is 29.4 Å². The van der Waals surface area contributed by atoms with Crippen molar-refractivity contribution in [3.63, 3.8) is 0 Å². The predicted octanol–water partition coefficient (Wildman–Crippen LogP) is 6.08. The molecule has 0 aliphatic carbocycles. The molecule has 1 N–H and O–H groups in total. The van der Waals surface area contributed by atoms with E-state index in [0.717, 1.165) is 11.4 Å². The van der Waals surface area contributed by atoms with Crippen molar-refractivity contribution in [1.29, 1.82) is 0 Å². The zero-order valence-corrected chi connectivity index (χ0v) is 21.3. The average molecular weight is 527 g/mol. The normalized spacial score (nSPS) is 10.8. The van der Waals surface area contributed by atoms with Crippen molar-refractivity contribution in [2.75, 3.05) is 17.7 Å². The topological polar surface area (TPSA) is 78.3 Å². The molecule has 0 aliphatic heterocycles. The summed E-state index contributed by atoms with van der Waals surface area (Å²) in [6.07, 6.45) is 0. The van der Waals surface area contributed by atoms with Crippen LogP contribution in [0.15, 0.2) is 71.9 Å². The van der Waals surface area contributed by atoms with Crippen LogP contribution in [0.1, 0.15) is 18.3 Å². The maximum Gasteiger partial charge on any atom is 0.234 e. The SMILES string of the molecule is CCOc1ccc(-n2c(COc3ccc(Cl)cc3)nnc2SCC(=O)Nc2ccc(C)c(F)c2)cc1. The van der Waals surface area contributed by atoms with Crippen LogP contribution in [0.2, 0.25) is 5.02 Å². The van der Waals surface area contributed by atoms with Crippen molar-refractivity contribution in [1.82, 2.24) is 14.8 Å². The molecule has 0 atom stereocenters. The molecule has 0 spiro atoms. The van der Waals surface area contributed by atoms with Crippen LogP contribution in [0.25, 0.3) is 5.69 Å². The molecule has 186 valence electrons. The summed E-state index contributed by atoms with van der Waals surface area (Å²) in [7, 11) is 0. The number of aryl methyl sites for hydroxylation is 1. The third-order valence-corrected chi connectivity index (χ3v) is 6.26. The Hall–Kier alpha value is -3.56. The number of thioether (sulfide) groups is 1. The van der Waals surface area contributed by atoms with Gasteiger partial charge in [-0.05, 0) is 80.1 Å². The Labute approximate surface area is 217 Å². The maximum atomic E-state index is 13.8. The predicted molar refractivity (Wildman–Crippen MR) is 139 cm³/mol. The van der Waals surface area contributed by atoms with Gasteiger partial charge < -0.3 is 14.8 Å². The molecular weight excluding hydrogens is 503 g/mol. The Bertz CT molecular complexity index is 1330. The van der Waals surface area contributed by atoms with Crippen LogP contribution in [0.3, 0.4) is 0 Å². The van der Waals surface area contributed by atoms with Gasteiger partial charge in [0.15, 0.2) is 11.0 Å². The lowest BCUT2D eigenvalue weighted by Crippen LogP contribution is -2.15. The van der Waals surface area contributed by atoms with Crippen molar-refractivity contribution in [3.05, 3.63) is 89.0 Å². The Morgan fingerprint density at radius 1 is 1.03 bits per heavy atom. The van der Waals surface area contributed by atoms with Crippen LogP contribution in [-0.2, 0) is 11.4 Å². The highest BCUT2D eigenvalue weighted by molar-refractivity contribution is 7.99. The second-order valence-corrected chi connectivity index (χ2v) is 9.08. The second kappa shape index (κ2) is 11.9. The monoisotopic (exact) mass is 526 g/mol. The highest BCUT2D eigenvalue weighted by Gasteiger charge is 2.17. The number of halogens is 2. The highest BCUT2D eigenvalue weighted by Crippen LogP contribution is 2.25. The number of nitrogens with zero attached hydrogens (tertiary/aromatic N) is 3. The Morgan fingerprint density at radius 2 is 1.72 bits per heavy atom. The molecular formula is C26H24ClFN4O3S. The summed E-state index contributed by atoms with van der Waals surface area (Å²) in [6, 6.07) is 19.1. The van der Waals surface area contributed by atoms with Gasteiger partial charge in [0.1, 0.15) is 23.9 Å². The summed E-state index contributed by atoms with van der Waals surface area (Å²) in [5.41, 5.74) is 1.70. The standard InChI is InChI=1S/C26H24ClFN4O3S/c1-3-34-21-12-8-20(9-13-21)32-24(15-35-22-10-5-18(27)6-11-22)30-31-26(32)36-16-25(33)29-19-7-4-17(2)23(28)14-19/h4-14H,3,15-16H2,1-2H3,(H,29,33). The Morgan fingerprint density at radius 3 is 2.42 bits per heavy atom. The fourth-order valence-electron chi connectivity index (χ4n) is 3.28. The van der Waals surface area contributed by atoms with Crippen LogP contribution in [0, 0.1) is 12.7 Å². The minimum Gasteiger partial charge on any atom is -0.494 e. The van der Waals surface area contributed by atoms with Crippen molar-refractivity contribution in [3.8, 4) is 17.2 Å². The molecule has 0 radical (unpaired) electrons. The maximum absolute atomic E-state index is 13.8. The number of rotatable bonds is 10. The molecule has 0 fully saturated rings. The summed E-state index contributed by atoms with van der Waals surface area (Å²) in [6.45, 7) is 4.30. The number of hydrogen-bond acceptors (Lipinski definition) is 6. The zero-order chi connectivity index (χ0) is 25.5. The van der Waals surface area contributed by atoms with E-state index >= 15 is 0 Å². The summed E-state index contributed by atoms with van der Waals surface area (Å²) < 4.78 is 27.1. The van der Waals surface area contributed by atoms with Gasteiger partial charge >= 0.3 is 0 Å². The molecule has 7 nitrogen and oxygen atoms in total. The van der Waals surface area contributed by atoms with E-state index in [4.69, 9.17) is 21.1 Å². The molecule has 10 heteroatoms. The van der Waals surface area contributed by atoms with Crippen LogP contribution < -0.4 is 14.8 Å². The molecule has 4 rings (SSSR count). The Balaban J connectivity index is 1.51. The minimum atomic E-state index is -0.374. The van der Waals surface area contributed by atoms with Gasteiger partial charge in [0.25, 0.3) is 0 Å². The molecule has 36 heavy (non-hydrogen) atoms. The smallest absolute Gasteiger partial charge is 0.234 e. The number of hydrogen-bond donors (Lipinski definition) is 1. The molecule has 1 aromatic heterocycles. The van der Waals surface area contributed by atoms with E-state index in [2.05, 4.69) is 15.5 Å². The number of benzene rings is 3. The number of ether oxygens (including phenoxy) is 2. The van der Waals surface area contributed by atoms with Crippen LogP contribution in [-0.4, -0.2) is 33.0 Å². The van der Waals surface area contributed by atoms with Gasteiger partial charge in [0, 0.05) is 16.4 Å². The van der Waals surface area contributed by atoms with E-state index in [1.165, 1.54) is 17.8 Å². The van der Waals surface area contributed by atoms with Crippen molar-refractivity contribution < 1.29 is 18.7 Å². The summed E-state index contributed by atoms with van der Waals surface area (Å²) in [4.78, 5) is 12.5. The number of aromatic nitrogens is 3. The first-order valence-corrected chi connectivity index (χ1v) is 12.5. The van der Waals surface area contributed by atoms with E-state index in [9.17, 15) is 9.18 Å². The summed E-state index contributed by atoms with van der Waals surface area (Å²) >= 11 is 7.17. The number of carbonyl (C=O) groups is 1. The minimum absolute atomic E-state index is 0.0582. The van der Waals surface area contributed by atoms with Gasteiger partial charge in [-0.3, -0.25) is 9.36 Å². The van der Waals surface area contributed by atoms with Gasteiger partial charge in [-0.15, -0.1) is 10.2 Å². The first-order chi connectivity index (χ1) is 17.4. The highest BCUT2D eigenvalue weighted by atomic mass is 35.5. The van der Waals surface area contributed by atoms with Gasteiger partial charge in [-0.2, -0.15) is 0 Å². The molecule has 0 saturated carbocycles. The first-order valence-electron chi connectivity index (χ1n) is 11.2. The molecule has 1 heterocycles. The van der Waals surface area contributed by atoms with Crippen LogP contribution in [0.4, 0.5) is 10.1 Å². The van der Waals surface area contributed by atoms with Crippen molar-refractivity contribution in [2.24, 2.45) is 0 Å². The number of anilines is 1.